The fourth-order valence-electron chi connectivity index (χ4n) is 3.51. The zero-order valence-electron chi connectivity index (χ0n) is 17.6. The van der Waals surface area contributed by atoms with Crippen LogP contribution in [0.1, 0.15) is 11.1 Å². The number of fused-ring (bicyclic) bond motifs is 1. The molecule has 0 unspecified atom stereocenters. The molecule has 0 amide bonds. The van der Waals surface area contributed by atoms with Gasteiger partial charge in [-0.2, -0.15) is 4.98 Å². The lowest BCUT2D eigenvalue weighted by molar-refractivity contribution is 0.415. The van der Waals surface area contributed by atoms with Gasteiger partial charge in [0.25, 0.3) is 0 Å². The molecule has 0 bridgehead atoms. The van der Waals surface area contributed by atoms with Crippen molar-refractivity contribution in [3.05, 3.63) is 58.7 Å². The Morgan fingerprint density at radius 3 is 2.84 bits per heavy atom. The van der Waals surface area contributed by atoms with Crippen LogP contribution in [0, 0.1) is 6.07 Å². The molecular formula is C22H24ClN5O2P. The van der Waals surface area contributed by atoms with E-state index in [4.69, 9.17) is 16.3 Å². The van der Waals surface area contributed by atoms with Crippen LogP contribution in [0.3, 0.4) is 0 Å². The van der Waals surface area contributed by atoms with Gasteiger partial charge in [0, 0.05) is 11.8 Å². The van der Waals surface area contributed by atoms with Crippen LogP contribution in [0.15, 0.2) is 36.5 Å². The fourth-order valence-corrected chi connectivity index (χ4v) is 4.75. The van der Waals surface area contributed by atoms with Crippen molar-refractivity contribution in [2.24, 2.45) is 0 Å². The summed E-state index contributed by atoms with van der Waals surface area (Å²) in [5, 5.41) is 10.8. The molecule has 9 heteroatoms. The van der Waals surface area contributed by atoms with Gasteiger partial charge in [0.05, 0.1) is 24.7 Å². The number of hydrogen-bond donors (Lipinski definition) is 3. The van der Waals surface area contributed by atoms with E-state index in [0.29, 0.717) is 27.8 Å². The molecule has 0 atom stereocenters. The van der Waals surface area contributed by atoms with Crippen LogP contribution in [0.2, 0.25) is 5.02 Å². The first-order valence-electron chi connectivity index (χ1n) is 9.88. The SMILES string of the molecule is COc1cc2c(cc1Nc1ncc(Cl)c(Nc3cc[c]cc3P(C)(C)=O)n1)CNCC2. The van der Waals surface area contributed by atoms with Crippen molar-refractivity contribution in [2.75, 3.05) is 37.6 Å². The van der Waals surface area contributed by atoms with Gasteiger partial charge >= 0.3 is 0 Å². The Kier molecular flexibility index (Phi) is 6.19. The van der Waals surface area contributed by atoms with Crippen LogP contribution >= 0.6 is 18.7 Å². The highest BCUT2D eigenvalue weighted by Crippen LogP contribution is 2.39. The Hall–Kier alpha value is -2.60. The molecule has 0 fully saturated rings. The highest BCUT2D eigenvalue weighted by atomic mass is 35.5. The van der Waals surface area contributed by atoms with Crippen molar-refractivity contribution in [2.45, 2.75) is 13.0 Å². The van der Waals surface area contributed by atoms with Crippen molar-refractivity contribution >= 4 is 47.2 Å². The third-order valence-electron chi connectivity index (χ3n) is 5.07. The summed E-state index contributed by atoms with van der Waals surface area (Å²) in [6.07, 6.45) is 2.49. The number of methoxy groups -OCH3 is 1. The molecule has 1 aromatic heterocycles. The molecule has 0 spiro atoms. The lowest BCUT2D eigenvalue weighted by Crippen LogP contribution is -2.23. The molecular weight excluding hydrogens is 433 g/mol. The number of hydrogen-bond acceptors (Lipinski definition) is 7. The van der Waals surface area contributed by atoms with Crippen molar-refractivity contribution in [1.29, 1.82) is 0 Å². The maximum Gasteiger partial charge on any atom is 0.229 e. The minimum Gasteiger partial charge on any atom is -0.495 e. The minimum absolute atomic E-state index is 0.355. The standard InChI is InChI=1S/C22H24ClN5O2P/c1-30-19-11-14-8-9-24-12-15(14)10-18(19)27-22-25-13-16(23)21(28-22)26-17-6-4-5-7-20(17)31(2,3)29/h4,6-7,10-11,13,24H,8-9,12H2,1-3H3,(H2,25,26,27,28). The van der Waals surface area contributed by atoms with E-state index in [-0.39, 0.29) is 0 Å². The number of aromatic nitrogens is 2. The lowest BCUT2D eigenvalue weighted by Gasteiger charge is -2.20. The Morgan fingerprint density at radius 2 is 2.06 bits per heavy atom. The predicted molar refractivity (Wildman–Crippen MR) is 126 cm³/mol. The largest absolute Gasteiger partial charge is 0.495 e. The summed E-state index contributed by atoms with van der Waals surface area (Å²) in [6.45, 7) is 5.20. The smallest absolute Gasteiger partial charge is 0.229 e. The summed E-state index contributed by atoms with van der Waals surface area (Å²) in [4.78, 5) is 8.85. The summed E-state index contributed by atoms with van der Waals surface area (Å²) in [6, 6.07) is 12.4. The molecule has 1 aliphatic heterocycles. The maximum absolute atomic E-state index is 12.7. The lowest BCUT2D eigenvalue weighted by atomic mass is 10.00. The topological polar surface area (TPSA) is 88.2 Å². The molecule has 2 aromatic carbocycles. The van der Waals surface area contributed by atoms with Crippen molar-refractivity contribution in [1.82, 2.24) is 15.3 Å². The van der Waals surface area contributed by atoms with E-state index in [2.05, 4.69) is 44.1 Å². The van der Waals surface area contributed by atoms with Crippen LogP contribution in [0.25, 0.3) is 0 Å². The molecule has 7 nitrogen and oxygen atoms in total. The van der Waals surface area contributed by atoms with E-state index in [0.717, 1.165) is 30.9 Å². The molecule has 0 saturated heterocycles. The molecule has 0 saturated carbocycles. The number of nitrogens with one attached hydrogen (secondary N) is 3. The third kappa shape index (κ3) is 4.85. The number of nitrogens with zero attached hydrogens (tertiary/aromatic N) is 2. The predicted octanol–water partition coefficient (Wildman–Crippen LogP) is 4.32. The summed E-state index contributed by atoms with van der Waals surface area (Å²) in [5.41, 5.74) is 3.95. The molecule has 2 heterocycles. The Labute approximate surface area is 187 Å². The second-order valence-electron chi connectivity index (χ2n) is 7.68. The van der Waals surface area contributed by atoms with Crippen LogP contribution in [0.5, 0.6) is 5.75 Å². The van der Waals surface area contributed by atoms with E-state index in [1.165, 1.54) is 17.3 Å². The second kappa shape index (κ2) is 8.87. The molecule has 0 aliphatic carbocycles. The summed E-state index contributed by atoms with van der Waals surface area (Å²) in [5.74, 6) is 1.51. The summed E-state index contributed by atoms with van der Waals surface area (Å²) < 4.78 is 18.2. The van der Waals surface area contributed by atoms with Crippen molar-refractivity contribution in [3.8, 4) is 5.75 Å². The van der Waals surface area contributed by atoms with E-state index >= 15 is 0 Å². The maximum atomic E-state index is 12.7. The average Bonchev–Trinajstić information content (AvgIpc) is 2.75. The van der Waals surface area contributed by atoms with Gasteiger partial charge in [-0.3, -0.25) is 0 Å². The van der Waals surface area contributed by atoms with E-state index in [1.807, 2.05) is 0 Å². The van der Waals surface area contributed by atoms with E-state index < -0.39 is 7.14 Å². The summed E-state index contributed by atoms with van der Waals surface area (Å²) in [7, 11) is -0.871. The quantitative estimate of drug-likeness (QED) is 0.476. The second-order valence-corrected chi connectivity index (χ2v) is 11.3. The normalized spacial score (nSPS) is 13.4. The minimum atomic E-state index is -2.51. The third-order valence-corrected chi connectivity index (χ3v) is 6.88. The zero-order chi connectivity index (χ0) is 22.0. The Morgan fingerprint density at radius 1 is 1.23 bits per heavy atom. The van der Waals surface area contributed by atoms with Gasteiger partial charge in [-0.15, -0.1) is 0 Å². The number of ether oxygens (including phenoxy) is 1. The monoisotopic (exact) mass is 456 g/mol. The number of rotatable bonds is 6. The van der Waals surface area contributed by atoms with Crippen LogP contribution in [-0.2, 0) is 17.5 Å². The Bertz CT molecular complexity index is 1160. The van der Waals surface area contributed by atoms with Gasteiger partial charge in [-0.05, 0) is 67.8 Å². The van der Waals surface area contributed by atoms with Crippen LogP contribution < -0.4 is 26.0 Å². The van der Waals surface area contributed by atoms with Gasteiger partial charge in [-0.1, -0.05) is 17.7 Å². The fraction of sp³-hybridized carbons (Fsp3) is 0.273. The summed E-state index contributed by atoms with van der Waals surface area (Å²) >= 11 is 6.34. The van der Waals surface area contributed by atoms with Gasteiger partial charge in [-0.25, -0.2) is 4.98 Å². The molecule has 31 heavy (non-hydrogen) atoms. The highest BCUT2D eigenvalue weighted by Gasteiger charge is 2.18. The van der Waals surface area contributed by atoms with Crippen LogP contribution in [-0.4, -0.2) is 37.0 Å². The van der Waals surface area contributed by atoms with Crippen LogP contribution in [0.4, 0.5) is 23.1 Å². The molecule has 3 aromatic rings. The van der Waals surface area contributed by atoms with Gasteiger partial charge in [0.15, 0.2) is 5.82 Å². The number of anilines is 4. The van der Waals surface area contributed by atoms with Gasteiger partial charge in [0.2, 0.25) is 5.95 Å². The highest BCUT2D eigenvalue weighted by molar-refractivity contribution is 7.70. The van der Waals surface area contributed by atoms with E-state index in [1.54, 1.807) is 38.6 Å². The number of benzene rings is 2. The molecule has 4 rings (SSSR count). The number of halogens is 1. The first-order valence-corrected chi connectivity index (χ1v) is 12.9. The average molecular weight is 457 g/mol. The molecule has 1 aliphatic rings. The van der Waals surface area contributed by atoms with Crippen molar-refractivity contribution in [3.63, 3.8) is 0 Å². The molecule has 1 radical (unpaired) electrons. The molecule has 161 valence electrons. The first-order chi connectivity index (χ1) is 14.8. The first kappa shape index (κ1) is 21.6. The van der Waals surface area contributed by atoms with Gasteiger partial charge < -0.3 is 25.3 Å². The zero-order valence-corrected chi connectivity index (χ0v) is 19.3. The Balaban J connectivity index is 1.65. The molecule has 3 N–H and O–H groups in total. The van der Waals surface area contributed by atoms with E-state index in [9.17, 15) is 4.57 Å². The van der Waals surface area contributed by atoms with Crippen molar-refractivity contribution < 1.29 is 9.30 Å². The van der Waals surface area contributed by atoms with Gasteiger partial charge in [0.1, 0.15) is 17.9 Å².